The number of amides is 1. The molecule has 0 unspecified atom stereocenters. The van der Waals surface area contributed by atoms with Gasteiger partial charge in [0.25, 0.3) is 5.91 Å². The maximum absolute atomic E-state index is 13.0. The fourth-order valence-electron chi connectivity index (χ4n) is 4.55. The van der Waals surface area contributed by atoms with Crippen LogP contribution < -0.4 is 15.0 Å². The Balaban J connectivity index is 1.34. The summed E-state index contributed by atoms with van der Waals surface area (Å²) in [6, 6.07) is 16.1. The molecule has 6 nitrogen and oxygen atoms in total. The summed E-state index contributed by atoms with van der Waals surface area (Å²) in [5, 5.41) is 2.98. The molecule has 0 bridgehead atoms. The third-order valence-electron chi connectivity index (χ3n) is 7.29. The number of nitrogens with one attached hydrogen (secondary N) is 1. The van der Waals surface area contributed by atoms with Gasteiger partial charge in [-0.25, -0.2) is 4.98 Å². The third-order valence-corrected chi connectivity index (χ3v) is 7.29. The molecule has 1 N–H and O–H groups in total. The van der Waals surface area contributed by atoms with E-state index in [9.17, 15) is 4.79 Å². The Labute approximate surface area is 201 Å². The topological polar surface area (TPSA) is 67.3 Å². The Bertz CT molecular complexity index is 1160. The highest BCUT2D eigenvalue weighted by Gasteiger charge is 2.44. The van der Waals surface area contributed by atoms with Crippen molar-refractivity contribution in [2.45, 2.75) is 52.7 Å². The Morgan fingerprint density at radius 2 is 1.76 bits per heavy atom. The Hall–Kier alpha value is -3.41. The van der Waals surface area contributed by atoms with Crippen LogP contribution in [0.1, 0.15) is 58.3 Å². The lowest BCUT2D eigenvalue weighted by molar-refractivity contribution is 0.0945. The largest absolute Gasteiger partial charge is 0.472 e. The highest BCUT2D eigenvalue weighted by molar-refractivity contribution is 5.96. The van der Waals surface area contributed by atoms with E-state index >= 15 is 0 Å². The van der Waals surface area contributed by atoms with Gasteiger partial charge in [-0.1, -0.05) is 48.5 Å². The van der Waals surface area contributed by atoms with E-state index in [-0.39, 0.29) is 5.91 Å². The first-order valence-corrected chi connectivity index (χ1v) is 12.1. The molecule has 2 heterocycles. The molecule has 0 radical (unpaired) electrons. The third kappa shape index (κ3) is 5.06. The molecule has 34 heavy (non-hydrogen) atoms. The van der Waals surface area contributed by atoms with E-state index in [0.29, 0.717) is 36.0 Å². The van der Waals surface area contributed by atoms with Crippen molar-refractivity contribution in [1.29, 1.82) is 0 Å². The van der Waals surface area contributed by atoms with Crippen LogP contribution in [-0.2, 0) is 13.2 Å². The van der Waals surface area contributed by atoms with Crippen LogP contribution in [0.4, 0.5) is 5.95 Å². The molecule has 2 aliphatic rings. The first-order valence-electron chi connectivity index (χ1n) is 12.1. The number of ether oxygens (including phenoxy) is 1. The first kappa shape index (κ1) is 22.4. The SMILES string of the molecule is Cc1ccc(COc2nc(N3CCC4(CC3)CC4)ncc2C(=O)NCc2ccccc2)cc1C. The van der Waals surface area contributed by atoms with Gasteiger partial charge in [-0.15, -0.1) is 0 Å². The van der Waals surface area contributed by atoms with E-state index in [1.165, 1.54) is 36.8 Å². The number of benzene rings is 2. The van der Waals surface area contributed by atoms with Crippen LogP contribution in [0.3, 0.4) is 0 Å². The number of piperidine rings is 1. The highest BCUT2D eigenvalue weighted by atomic mass is 16.5. The molecule has 5 rings (SSSR count). The van der Waals surface area contributed by atoms with Crippen LogP contribution in [0.2, 0.25) is 0 Å². The second kappa shape index (κ2) is 9.45. The van der Waals surface area contributed by atoms with Crippen molar-refractivity contribution >= 4 is 11.9 Å². The smallest absolute Gasteiger partial charge is 0.258 e. The molecule has 1 aliphatic carbocycles. The molecule has 1 aromatic heterocycles. The van der Waals surface area contributed by atoms with Gasteiger partial charge in [-0.05, 0) is 67.2 Å². The fraction of sp³-hybridized carbons (Fsp3) is 0.393. The molecule has 1 saturated carbocycles. The van der Waals surface area contributed by atoms with E-state index in [1.54, 1.807) is 6.20 Å². The van der Waals surface area contributed by atoms with Crippen molar-refractivity contribution in [2.24, 2.45) is 5.41 Å². The zero-order chi connectivity index (χ0) is 23.5. The lowest BCUT2D eigenvalue weighted by atomic mass is 9.94. The van der Waals surface area contributed by atoms with Crippen molar-refractivity contribution in [3.63, 3.8) is 0 Å². The normalized spacial score (nSPS) is 16.4. The predicted molar refractivity (Wildman–Crippen MR) is 133 cm³/mol. The molecule has 1 aliphatic heterocycles. The number of anilines is 1. The summed E-state index contributed by atoms with van der Waals surface area (Å²) in [7, 11) is 0. The average molecular weight is 457 g/mol. The lowest BCUT2D eigenvalue weighted by Gasteiger charge is -2.32. The van der Waals surface area contributed by atoms with E-state index in [1.807, 2.05) is 30.3 Å². The number of aromatic nitrogens is 2. The number of rotatable bonds is 7. The number of hydrogen-bond donors (Lipinski definition) is 1. The van der Waals surface area contributed by atoms with Gasteiger partial charge in [0, 0.05) is 25.8 Å². The number of carbonyl (C=O) groups is 1. The van der Waals surface area contributed by atoms with Gasteiger partial charge >= 0.3 is 0 Å². The van der Waals surface area contributed by atoms with Crippen LogP contribution in [0, 0.1) is 19.3 Å². The van der Waals surface area contributed by atoms with Crippen molar-refractivity contribution in [2.75, 3.05) is 18.0 Å². The second-order valence-corrected chi connectivity index (χ2v) is 9.75. The second-order valence-electron chi connectivity index (χ2n) is 9.75. The highest BCUT2D eigenvalue weighted by Crippen LogP contribution is 2.53. The zero-order valence-electron chi connectivity index (χ0n) is 20.0. The van der Waals surface area contributed by atoms with E-state index in [4.69, 9.17) is 9.72 Å². The lowest BCUT2D eigenvalue weighted by Crippen LogP contribution is -2.35. The maximum Gasteiger partial charge on any atom is 0.258 e. The van der Waals surface area contributed by atoms with Crippen LogP contribution in [0.15, 0.2) is 54.7 Å². The number of aryl methyl sites for hydroxylation is 2. The quantitative estimate of drug-likeness (QED) is 0.543. The molecule has 6 heteroatoms. The van der Waals surface area contributed by atoms with Crippen LogP contribution in [-0.4, -0.2) is 29.0 Å². The van der Waals surface area contributed by atoms with Gasteiger partial charge in [0.2, 0.25) is 11.8 Å². The van der Waals surface area contributed by atoms with Gasteiger partial charge in [0.15, 0.2) is 0 Å². The fourth-order valence-corrected chi connectivity index (χ4v) is 4.55. The van der Waals surface area contributed by atoms with Crippen molar-refractivity contribution in [1.82, 2.24) is 15.3 Å². The molecule has 1 spiro atoms. The van der Waals surface area contributed by atoms with Crippen LogP contribution >= 0.6 is 0 Å². The summed E-state index contributed by atoms with van der Waals surface area (Å²) in [6.45, 7) is 6.88. The molecular weight excluding hydrogens is 424 g/mol. The standard InChI is InChI=1S/C28H32N4O2/c1-20-8-9-23(16-21(20)2)19-34-26-24(25(33)29-17-22-6-4-3-5-7-22)18-30-27(31-26)32-14-12-28(10-11-28)13-15-32/h3-9,16,18H,10-15,17,19H2,1-2H3,(H,29,33). The van der Waals surface area contributed by atoms with Gasteiger partial charge in [0.1, 0.15) is 12.2 Å². The molecule has 2 fully saturated rings. The molecule has 0 atom stereocenters. The summed E-state index contributed by atoms with van der Waals surface area (Å²) < 4.78 is 6.14. The first-order chi connectivity index (χ1) is 16.5. The van der Waals surface area contributed by atoms with Crippen LogP contribution in [0.25, 0.3) is 0 Å². The summed E-state index contributed by atoms with van der Waals surface area (Å²) in [5.74, 6) is 0.742. The molecule has 176 valence electrons. The van der Waals surface area contributed by atoms with Gasteiger partial charge in [-0.2, -0.15) is 4.98 Å². The van der Waals surface area contributed by atoms with Gasteiger partial charge in [-0.3, -0.25) is 4.79 Å². The van der Waals surface area contributed by atoms with Crippen LogP contribution in [0.5, 0.6) is 5.88 Å². The van der Waals surface area contributed by atoms with E-state index in [0.717, 1.165) is 24.2 Å². The average Bonchev–Trinajstić information content (AvgIpc) is 3.63. The molecule has 3 aromatic rings. The minimum atomic E-state index is -0.235. The predicted octanol–water partition coefficient (Wildman–Crippen LogP) is 4.98. The molecule has 2 aromatic carbocycles. The van der Waals surface area contributed by atoms with Crippen molar-refractivity contribution < 1.29 is 9.53 Å². The molecule has 1 saturated heterocycles. The minimum absolute atomic E-state index is 0.235. The van der Waals surface area contributed by atoms with Gasteiger partial charge in [0.05, 0.1) is 0 Å². The van der Waals surface area contributed by atoms with E-state index < -0.39 is 0 Å². The Kier molecular flexibility index (Phi) is 6.22. The van der Waals surface area contributed by atoms with Crippen molar-refractivity contribution in [3.05, 3.63) is 82.5 Å². The molecular formula is C28H32N4O2. The maximum atomic E-state index is 13.0. The monoisotopic (exact) mass is 456 g/mol. The number of carbonyl (C=O) groups excluding carboxylic acids is 1. The Morgan fingerprint density at radius 1 is 1.00 bits per heavy atom. The van der Waals surface area contributed by atoms with Crippen molar-refractivity contribution in [3.8, 4) is 5.88 Å². The van der Waals surface area contributed by atoms with Gasteiger partial charge < -0.3 is 15.0 Å². The number of nitrogens with zero attached hydrogens (tertiary/aromatic N) is 3. The summed E-state index contributed by atoms with van der Waals surface area (Å²) in [4.78, 5) is 24.6. The van der Waals surface area contributed by atoms with E-state index in [2.05, 4.69) is 47.2 Å². The minimum Gasteiger partial charge on any atom is -0.472 e. The molecule has 1 amide bonds. The zero-order valence-corrected chi connectivity index (χ0v) is 20.0. The summed E-state index contributed by atoms with van der Waals surface area (Å²) in [6.07, 6.45) is 6.70. The number of hydrogen-bond acceptors (Lipinski definition) is 5. The Morgan fingerprint density at radius 3 is 2.47 bits per heavy atom. The summed E-state index contributed by atoms with van der Waals surface area (Å²) in [5.41, 5.74) is 5.48. The summed E-state index contributed by atoms with van der Waals surface area (Å²) >= 11 is 0.